The fraction of sp³-hybridized carbons (Fsp3) is 0.200. The average molecular weight is 438 g/mol. The lowest BCUT2D eigenvalue weighted by Gasteiger charge is -2.13. The minimum Gasteiger partial charge on any atom is -0.478 e. The van der Waals surface area contributed by atoms with E-state index in [0.717, 1.165) is 39.9 Å². The number of aryl methyl sites for hydroxylation is 1. The number of carboxylic acids is 1. The van der Waals surface area contributed by atoms with E-state index in [4.69, 9.17) is 4.98 Å². The molecule has 0 bridgehead atoms. The maximum Gasteiger partial charge on any atom is 0.337 e. The summed E-state index contributed by atoms with van der Waals surface area (Å²) in [6.45, 7) is 0.788. The highest BCUT2D eigenvalue weighted by Gasteiger charge is 2.22. The number of aromatic carboxylic acids is 1. The molecular formula is C25H22N6O2. The van der Waals surface area contributed by atoms with Crippen LogP contribution in [-0.2, 0) is 7.05 Å². The SMILES string of the molecule is Cn1cc2ccc(-c3cnc4ccn(-c5ccc(C(=O)O)c(NCC6CC6)c5)c4n3)cc2n1. The highest BCUT2D eigenvalue weighted by atomic mass is 16.4. The van der Waals surface area contributed by atoms with Gasteiger partial charge >= 0.3 is 5.97 Å². The number of fused-ring (bicyclic) bond motifs is 2. The maximum atomic E-state index is 11.7. The van der Waals surface area contributed by atoms with Gasteiger partial charge in [-0.25, -0.2) is 9.78 Å². The van der Waals surface area contributed by atoms with E-state index in [2.05, 4.69) is 15.4 Å². The van der Waals surface area contributed by atoms with Crippen LogP contribution >= 0.6 is 0 Å². The zero-order valence-corrected chi connectivity index (χ0v) is 18.1. The summed E-state index contributed by atoms with van der Waals surface area (Å²) in [6.07, 6.45) is 8.05. The van der Waals surface area contributed by atoms with Crippen molar-refractivity contribution in [2.24, 2.45) is 13.0 Å². The highest BCUT2D eigenvalue weighted by molar-refractivity contribution is 5.95. The Hall–Kier alpha value is -4.20. The molecule has 2 N–H and O–H groups in total. The van der Waals surface area contributed by atoms with Crippen molar-refractivity contribution in [2.45, 2.75) is 12.8 Å². The molecule has 1 aliphatic carbocycles. The molecule has 1 saturated carbocycles. The standard InChI is InChI=1S/C25H22N6O2/c1-30-14-17-5-4-16(10-21(17)29-30)23-13-27-20-8-9-31(24(20)28-23)18-6-7-19(25(32)33)22(11-18)26-12-15-2-3-15/h4-11,13-15,26H,2-3,12H2,1H3,(H,32,33). The number of anilines is 1. The van der Waals surface area contributed by atoms with Gasteiger partial charge in [-0.05, 0) is 49.1 Å². The van der Waals surface area contributed by atoms with E-state index in [1.807, 2.05) is 54.3 Å². The third-order valence-corrected chi connectivity index (χ3v) is 6.10. The minimum absolute atomic E-state index is 0.270. The molecule has 0 aliphatic heterocycles. The first kappa shape index (κ1) is 19.5. The molecule has 8 nitrogen and oxygen atoms in total. The van der Waals surface area contributed by atoms with Crippen LogP contribution in [0.1, 0.15) is 23.2 Å². The molecule has 0 unspecified atom stereocenters. The minimum atomic E-state index is -0.941. The van der Waals surface area contributed by atoms with Gasteiger partial charge in [-0.3, -0.25) is 14.2 Å². The number of nitrogens with one attached hydrogen (secondary N) is 1. The fourth-order valence-electron chi connectivity index (χ4n) is 4.14. The Kier molecular flexibility index (Phi) is 4.39. The van der Waals surface area contributed by atoms with Crippen LogP contribution in [0.4, 0.5) is 5.69 Å². The number of hydrogen-bond acceptors (Lipinski definition) is 5. The summed E-state index contributed by atoms with van der Waals surface area (Å²) in [5.41, 5.74) is 5.81. The van der Waals surface area contributed by atoms with Crippen LogP contribution in [0, 0.1) is 5.92 Å². The predicted molar refractivity (Wildman–Crippen MR) is 127 cm³/mol. The van der Waals surface area contributed by atoms with Gasteiger partial charge in [0.05, 0.1) is 28.7 Å². The molecule has 6 rings (SSSR count). The molecule has 33 heavy (non-hydrogen) atoms. The fourth-order valence-corrected chi connectivity index (χ4v) is 4.14. The van der Waals surface area contributed by atoms with Crippen LogP contribution in [0.5, 0.6) is 0 Å². The second-order valence-electron chi connectivity index (χ2n) is 8.59. The Bertz CT molecular complexity index is 1530. The number of benzene rings is 2. The number of aromatic nitrogens is 5. The smallest absolute Gasteiger partial charge is 0.337 e. The molecule has 2 aromatic carbocycles. The molecular weight excluding hydrogens is 416 g/mol. The van der Waals surface area contributed by atoms with Crippen molar-refractivity contribution >= 4 is 33.7 Å². The van der Waals surface area contributed by atoms with E-state index >= 15 is 0 Å². The summed E-state index contributed by atoms with van der Waals surface area (Å²) in [7, 11) is 1.90. The molecule has 0 saturated heterocycles. The van der Waals surface area contributed by atoms with Gasteiger partial charge < -0.3 is 10.4 Å². The lowest BCUT2D eigenvalue weighted by molar-refractivity contribution is 0.0698. The van der Waals surface area contributed by atoms with Crippen LogP contribution < -0.4 is 5.32 Å². The zero-order chi connectivity index (χ0) is 22.5. The molecule has 0 atom stereocenters. The summed E-state index contributed by atoms with van der Waals surface area (Å²) in [6, 6.07) is 13.3. The van der Waals surface area contributed by atoms with E-state index in [-0.39, 0.29) is 5.56 Å². The summed E-state index contributed by atoms with van der Waals surface area (Å²) in [5, 5.41) is 18.5. The molecule has 0 amide bonds. The first-order valence-electron chi connectivity index (χ1n) is 10.9. The Morgan fingerprint density at radius 2 is 2.03 bits per heavy atom. The van der Waals surface area contributed by atoms with E-state index in [9.17, 15) is 9.90 Å². The van der Waals surface area contributed by atoms with Gasteiger partial charge in [-0.1, -0.05) is 12.1 Å². The summed E-state index contributed by atoms with van der Waals surface area (Å²) >= 11 is 0. The van der Waals surface area contributed by atoms with Crippen molar-refractivity contribution in [2.75, 3.05) is 11.9 Å². The second-order valence-corrected chi connectivity index (χ2v) is 8.59. The van der Waals surface area contributed by atoms with Crippen LogP contribution in [0.3, 0.4) is 0 Å². The molecule has 5 aromatic rings. The number of nitrogens with zero attached hydrogens (tertiary/aromatic N) is 5. The van der Waals surface area contributed by atoms with Crippen molar-refractivity contribution in [1.82, 2.24) is 24.3 Å². The van der Waals surface area contributed by atoms with Gasteiger partial charge in [-0.2, -0.15) is 5.10 Å². The number of carboxylic acid groups (broad SMARTS) is 1. The Morgan fingerprint density at radius 1 is 1.15 bits per heavy atom. The average Bonchev–Trinajstić information content (AvgIpc) is 3.42. The third-order valence-electron chi connectivity index (χ3n) is 6.10. The van der Waals surface area contributed by atoms with E-state index in [1.54, 1.807) is 23.0 Å². The Balaban J connectivity index is 1.42. The number of rotatable bonds is 6. The predicted octanol–water partition coefficient (Wildman–Crippen LogP) is 4.49. The summed E-state index contributed by atoms with van der Waals surface area (Å²) in [4.78, 5) is 21.2. The van der Waals surface area contributed by atoms with Crippen LogP contribution in [0.15, 0.2) is 61.1 Å². The zero-order valence-electron chi connectivity index (χ0n) is 18.1. The molecule has 0 radical (unpaired) electrons. The van der Waals surface area contributed by atoms with Gasteiger partial charge in [0.15, 0.2) is 5.65 Å². The van der Waals surface area contributed by atoms with Gasteiger partial charge in [0, 0.05) is 42.6 Å². The monoisotopic (exact) mass is 438 g/mol. The molecule has 3 heterocycles. The highest BCUT2D eigenvalue weighted by Crippen LogP contribution is 2.31. The van der Waals surface area contributed by atoms with Crippen LogP contribution in [-0.4, -0.2) is 41.9 Å². The summed E-state index contributed by atoms with van der Waals surface area (Å²) in [5.74, 6) is -0.309. The lowest BCUT2D eigenvalue weighted by atomic mass is 10.1. The Morgan fingerprint density at radius 3 is 2.85 bits per heavy atom. The van der Waals surface area contributed by atoms with Gasteiger partial charge in [-0.15, -0.1) is 0 Å². The normalized spacial score (nSPS) is 13.6. The molecule has 1 aliphatic rings. The largest absolute Gasteiger partial charge is 0.478 e. The van der Waals surface area contributed by atoms with Gasteiger partial charge in [0.1, 0.15) is 5.52 Å². The van der Waals surface area contributed by atoms with Gasteiger partial charge in [0.2, 0.25) is 0 Å². The Labute approximate surface area is 189 Å². The van der Waals surface area contributed by atoms with Crippen LogP contribution in [0.2, 0.25) is 0 Å². The summed E-state index contributed by atoms with van der Waals surface area (Å²) < 4.78 is 3.74. The van der Waals surface area contributed by atoms with Crippen molar-refractivity contribution in [3.05, 3.63) is 66.6 Å². The number of carbonyl (C=O) groups is 1. The van der Waals surface area contributed by atoms with Crippen molar-refractivity contribution in [3.63, 3.8) is 0 Å². The second kappa shape index (κ2) is 7.44. The van der Waals surface area contributed by atoms with E-state index in [0.29, 0.717) is 17.3 Å². The quantitative estimate of drug-likeness (QED) is 0.405. The van der Waals surface area contributed by atoms with Crippen molar-refractivity contribution in [1.29, 1.82) is 0 Å². The maximum absolute atomic E-state index is 11.7. The molecule has 0 spiro atoms. The van der Waals surface area contributed by atoms with E-state index < -0.39 is 5.97 Å². The van der Waals surface area contributed by atoms with E-state index in [1.165, 1.54) is 12.8 Å². The topological polar surface area (TPSA) is 97.9 Å². The van der Waals surface area contributed by atoms with Gasteiger partial charge in [0.25, 0.3) is 0 Å². The van der Waals surface area contributed by atoms with Crippen molar-refractivity contribution in [3.8, 4) is 16.9 Å². The van der Waals surface area contributed by atoms with Crippen molar-refractivity contribution < 1.29 is 9.90 Å². The molecule has 1 fully saturated rings. The van der Waals surface area contributed by atoms with Crippen LogP contribution in [0.25, 0.3) is 39.0 Å². The molecule has 164 valence electrons. The third kappa shape index (κ3) is 3.59. The first-order chi connectivity index (χ1) is 16.0. The lowest BCUT2D eigenvalue weighted by Crippen LogP contribution is -2.10. The number of hydrogen-bond donors (Lipinski definition) is 2. The first-order valence-corrected chi connectivity index (χ1v) is 10.9. The molecule has 8 heteroatoms. The molecule has 3 aromatic heterocycles.